The molecular formula is C13H19BrO3. The summed E-state index contributed by atoms with van der Waals surface area (Å²) in [6.45, 7) is 0.133. The molecule has 4 heteroatoms. The third-order valence-electron chi connectivity index (χ3n) is 2.75. The quantitative estimate of drug-likeness (QED) is 0.673. The van der Waals surface area contributed by atoms with E-state index < -0.39 is 12.2 Å². The van der Waals surface area contributed by atoms with Gasteiger partial charge in [0, 0.05) is 11.9 Å². The third-order valence-corrected chi connectivity index (χ3v) is 3.21. The lowest BCUT2D eigenvalue weighted by atomic mass is 9.95. The molecule has 1 rings (SSSR count). The summed E-state index contributed by atoms with van der Waals surface area (Å²) in [4.78, 5) is 0. The highest BCUT2D eigenvalue weighted by molar-refractivity contribution is 9.09. The molecule has 1 aromatic carbocycles. The summed E-state index contributed by atoms with van der Waals surface area (Å²) in [5, 5.41) is 29.3. The molecule has 0 fully saturated rings. The van der Waals surface area contributed by atoms with Crippen LogP contribution >= 0.6 is 15.9 Å². The van der Waals surface area contributed by atoms with E-state index in [0.29, 0.717) is 24.6 Å². The van der Waals surface area contributed by atoms with Gasteiger partial charge in [0.05, 0.1) is 6.10 Å². The first kappa shape index (κ1) is 14.6. The number of hydrogen-bond donors (Lipinski definition) is 3. The predicted molar refractivity (Wildman–Crippen MR) is 71.2 cm³/mol. The van der Waals surface area contributed by atoms with Gasteiger partial charge in [-0.05, 0) is 30.4 Å². The first-order chi connectivity index (χ1) is 8.20. The number of alkyl halides is 1. The lowest BCUT2D eigenvalue weighted by Crippen LogP contribution is -2.20. The van der Waals surface area contributed by atoms with E-state index in [1.807, 2.05) is 24.3 Å². The molecule has 0 amide bonds. The Bertz CT molecular complexity index is 330. The van der Waals surface area contributed by atoms with Gasteiger partial charge in [0.25, 0.3) is 0 Å². The van der Waals surface area contributed by atoms with E-state index in [-0.39, 0.29) is 6.61 Å². The first-order valence-corrected chi connectivity index (χ1v) is 6.93. The van der Waals surface area contributed by atoms with Crippen molar-refractivity contribution in [2.45, 2.75) is 31.5 Å². The first-order valence-electron chi connectivity index (χ1n) is 5.81. The molecule has 96 valence electrons. The van der Waals surface area contributed by atoms with E-state index in [1.54, 1.807) is 0 Å². The van der Waals surface area contributed by atoms with Crippen LogP contribution < -0.4 is 0 Å². The van der Waals surface area contributed by atoms with Crippen LogP contribution in [0.4, 0.5) is 0 Å². The van der Waals surface area contributed by atoms with Crippen LogP contribution in [0.3, 0.4) is 0 Å². The number of rotatable bonds is 7. The van der Waals surface area contributed by atoms with E-state index in [0.717, 1.165) is 11.1 Å². The highest BCUT2D eigenvalue weighted by atomic mass is 79.9. The molecule has 0 bridgehead atoms. The minimum Gasteiger partial charge on any atom is -0.396 e. The van der Waals surface area contributed by atoms with Gasteiger partial charge in [0.1, 0.15) is 6.10 Å². The van der Waals surface area contributed by atoms with Gasteiger partial charge in [-0.15, -0.1) is 0 Å². The van der Waals surface area contributed by atoms with Gasteiger partial charge in [-0.1, -0.05) is 40.2 Å². The van der Waals surface area contributed by atoms with Crippen molar-refractivity contribution >= 4 is 15.9 Å². The highest BCUT2D eigenvalue weighted by Crippen LogP contribution is 2.24. The van der Waals surface area contributed by atoms with E-state index >= 15 is 0 Å². The summed E-state index contributed by atoms with van der Waals surface area (Å²) in [5.74, 6) is 0. The average Bonchev–Trinajstić information content (AvgIpc) is 2.36. The molecule has 0 saturated heterocycles. The van der Waals surface area contributed by atoms with E-state index in [4.69, 9.17) is 5.11 Å². The Morgan fingerprint density at radius 3 is 2.53 bits per heavy atom. The van der Waals surface area contributed by atoms with Crippen molar-refractivity contribution < 1.29 is 15.3 Å². The van der Waals surface area contributed by atoms with Crippen LogP contribution in [-0.2, 0) is 6.42 Å². The van der Waals surface area contributed by atoms with Gasteiger partial charge in [-0.2, -0.15) is 0 Å². The Morgan fingerprint density at radius 2 is 1.88 bits per heavy atom. The summed E-state index contributed by atoms with van der Waals surface area (Å²) in [5.41, 5.74) is 1.75. The largest absolute Gasteiger partial charge is 0.396 e. The SMILES string of the molecule is OCCCc1ccccc1C(O)C(O)CCBr. The van der Waals surface area contributed by atoms with Gasteiger partial charge >= 0.3 is 0 Å². The van der Waals surface area contributed by atoms with Crippen LogP contribution in [0.5, 0.6) is 0 Å². The molecule has 2 unspecified atom stereocenters. The summed E-state index contributed by atoms with van der Waals surface area (Å²) < 4.78 is 0. The minimum atomic E-state index is -0.859. The van der Waals surface area contributed by atoms with Crippen LogP contribution in [0, 0.1) is 0 Å². The normalized spacial score (nSPS) is 14.6. The number of aliphatic hydroxyl groups is 3. The van der Waals surface area contributed by atoms with E-state index in [1.165, 1.54) is 0 Å². The summed E-state index contributed by atoms with van der Waals surface area (Å²) in [7, 11) is 0. The predicted octanol–water partition coefficient (Wildman–Crippen LogP) is 1.79. The summed E-state index contributed by atoms with van der Waals surface area (Å²) in [6, 6.07) is 7.51. The smallest absolute Gasteiger partial charge is 0.105 e. The topological polar surface area (TPSA) is 60.7 Å². The van der Waals surface area contributed by atoms with Crippen molar-refractivity contribution in [3.63, 3.8) is 0 Å². The van der Waals surface area contributed by atoms with Gasteiger partial charge < -0.3 is 15.3 Å². The van der Waals surface area contributed by atoms with Gasteiger partial charge in [-0.3, -0.25) is 0 Å². The number of aliphatic hydroxyl groups excluding tert-OH is 3. The zero-order valence-corrected chi connectivity index (χ0v) is 11.3. The van der Waals surface area contributed by atoms with Crippen LogP contribution in [0.25, 0.3) is 0 Å². The minimum absolute atomic E-state index is 0.133. The molecule has 0 radical (unpaired) electrons. The molecule has 0 spiro atoms. The molecule has 0 aliphatic heterocycles. The molecule has 3 N–H and O–H groups in total. The van der Waals surface area contributed by atoms with E-state index in [9.17, 15) is 10.2 Å². The Balaban J connectivity index is 2.80. The van der Waals surface area contributed by atoms with Gasteiger partial charge in [0.2, 0.25) is 0 Å². The zero-order chi connectivity index (χ0) is 12.7. The molecule has 3 nitrogen and oxygen atoms in total. The number of aryl methyl sites for hydroxylation is 1. The fraction of sp³-hybridized carbons (Fsp3) is 0.538. The molecule has 1 aromatic rings. The van der Waals surface area contributed by atoms with E-state index in [2.05, 4.69) is 15.9 Å². The highest BCUT2D eigenvalue weighted by Gasteiger charge is 2.19. The lowest BCUT2D eigenvalue weighted by Gasteiger charge is -2.20. The third kappa shape index (κ3) is 4.39. The molecule has 0 aromatic heterocycles. The van der Waals surface area contributed by atoms with Crippen molar-refractivity contribution in [2.24, 2.45) is 0 Å². The van der Waals surface area contributed by atoms with Crippen molar-refractivity contribution in [1.29, 1.82) is 0 Å². The van der Waals surface area contributed by atoms with Gasteiger partial charge in [-0.25, -0.2) is 0 Å². The number of halogens is 1. The van der Waals surface area contributed by atoms with Crippen molar-refractivity contribution in [3.05, 3.63) is 35.4 Å². The molecule has 17 heavy (non-hydrogen) atoms. The standard InChI is InChI=1S/C13H19BrO3/c14-8-7-12(16)13(17)11-6-2-1-4-10(11)5-3-9-15/h1-2,4,6,12-13,15-17H,3,5,7-9H2. The maximum atomic E-state index is 10.1. The second-order valence-corrected chi connectivity index (χ2v) is 4.81. The maximum absolute atomic E-state index is 10.1. The Labute approximate surface area is 110 Å². The second kappa shape index (κ2) is 7.82. The monoisotopic (exact) mass is 302 g/mol. The molecule has 0 saturated carbocycles. The van der Waals surface area contributed by atoms with Crippen LogP contribution in [-0.4, -0.2) is 33.4 Å². The molecule has 2 atom stereocenters. The zero-order valence-electron chi connectivity index (χ0n) is 9.72. The van der Waals surface area contributed by atoms with Crippen LogP contribution in [0.1, 0.15) is 30.1 Å². The van der Waals surface area contributed by atoms with Crippen LogP contribution in [0.2, 0.25) is 0 Å². The Morgan fingerprint density at radius 1 is 1.18 bits per heavy atom. The lowest BCUT2D eigenvalue weighted by molar-refractivity contribution is 0.0168. The molecular weight excluding hydrogens is 284 g/mol. The Kier molecular flexibility index (Phi) is 6.73. The average molecular weight is 303 g/mol. The van der Waals surface area contributed by atoms with Crippen molar-refractivity contribution in [3.8, 4) is 0 Å². The van der Waals surface area contributed by atoms with Crippen molar-refractivity contribution in [1.82, 2.24) is 0 Å². The molecule has 0 aliphatic rings. The summed E-state index contributed by atoms with van der Waals surface area (Å²) in [6.07, 6.45) is 0.269. The summed E-state index contributed by atoms with van der Waals surface area (Å²) >= 11 is 3.25. The fourth-order valence-corrected chi connectivity index (χ4v) is 2.27. The number of hydrogen-bond acceptors (Lipinski definition) is 3. The second-order valence-electron chi connectivity index (χ2n) is 4.02. The van der Waals surface area contributed by atoms with Gasteiger partial charge in [0.15, 0.2) is 0 Å². The van der Waals surface area contributed by atoms with Crippen LogP contribution in [0.15, 0.2) is 24.3 Å². The maximum Gasteiger partial charge on any atom is 0.105 e. The molecule has 0 aliphatic carbocycles. The fourth-order valence-electron chi connectivity index (χ4n) is 1.80. The van der Waals surface area contributed by atoms with Crippen molar-refractivity contribution in [2.75, 3.05) is 11.9 Å². The number of benzene rings is 1. The molecule has 0 heterocycles. The Hall–Kier alpha value is -0.420.